The molecular formula is C30H43F3N6O2. The number of alkyl halides is 3. The molecule has 226 valence electrons. The topological polar surface area (TPSA) is 73.8 Å². The van der Waals surface area contributed by atoms with Crippen LogP contribution in [-0.4, -0.2) is 96.6 Å². The van der Waals surface area contributed by atoms with Crippen molar-refractivity contribution >= 4 is 5.91 Å². The molecule has 2 saturated heterocycles. The smallest absolute Gasteiger partial charge is 0.451 e. The van der Waals surface area contributed by atoms with Crippen molar-refractivity contribution in [3.05, 3.63) is 52.6 Å². The molecule has 2 aliphatic rings. The molecule has 41 heavy (non-hydrogen) atoms. The van der Waals surface area contributed by atoms with Crippen LogP contribution in [0.5, 0.6) is 5.75 Å². The lowest BCUT2D eigenvalue weighted by Crippen LogP contribution is -2.57. The van der Waals surface area contributed by atoms with Crippen LogP contribution >= 0.6 is 0 Å². The van der Waals surface area contributed by atoms with Crippen molar-refractivity contribution in [3.8, 4) is 5.75 Å². The van der Waals surface area contributed by atoms with E-state index in [0.29, 0.717) is 26.2 Å². The Labute approximate surface area is 241 Å². The van der Waals surface area contributed by atoms with Crippen LogP contribution in [0.25, 0.3) is 0 Å². The molecule has 2 aromatic rings. The normalized spacial score (nSPS) is 19.9. The summed E-state index contributed by atoms with van der Waals surface area (Å²) in [6, 6.07) is 4.76. The molecule has 0 spiro atoms. The molecule has 8 nitrogen and oxygen atoms in total. The molecule has 0 bridgehead atoms. The van der Waals surface area contributed by atoms with E-state index in [0.717, 1.165) is 69.9 Å². The molecule has 0 radical (unpaired) electrons. The Morgan fingerprint density at radius 1 is 1.07 bits per heavy atom. The number of ether oxygens (including phenoxy) is 1. The third kappa shape index (κ3) is 7.96. The van der Waals surface area contributed by atoms with Crippen LogP contribution < -0.4 is 10.1 Å². The molecule has 0 aliphatic carbocycles. The number of nitrogens with zero attached hydrogens (tertiary/aromatic N) is 5. The van der Waals surface area contributed by atoms with Gasteiger partial charge in [-0.1, -0.05) is 6.07 Å². The Bertz CT molecular complexity index is 1160. The minimum absolute atomic E-state index is 0.0847. The standard InChI is InChI=1S/C30H43F3N6O2/c1-21-22(2)27(41-17-6-5-12-34-13-14-37(3)4)11-10-25(21)26-9-7-8-24-20-38(15-16-39(24)26)28(40)23-18-35-29(36-19-23)30(31,32)33/h10-11,18-19,24,26,34H,5-9,12-17,20H2,1-4H3/t24-,26+/m0/s1. The van der Waals surface area contributed by atoms with Gasteiger partial charge < -0.3 is 19.9 Å². The molecule has 1 N–H and O–H groups in total. The van der Waals surface area contributed by atoms with Crippen LogP contribution in [0.2, 0.25) is 0 Å². The number of piperazine rings is 1. The van der Waals surface area contributed by atoms with Crippen molar-refractivity contribution in [1.82, 2.24) is 30.0 Å². The maximum Gasteiger partial charge on any atom is 0.451 e. The third-order valence-electron chi connectivity index (χ3n) is 8.26. The molecule has 2 fully saturated rings. The van der Waals surface area contributed by atoms with Gasteiger partial charge in [0.2, 0.25) is 5.82 Å². The second-order valence-corrected chi connectivity index (χ2v) is 11.4. The highest BCUT2D eigenvalue weighted by atomic mass is 19.4. The number of fused-ring (bicyclic) bond motifs is 1. The van der Waals surface area contributed by atoms with Crippen molar-refractivity contribution in [2.45, 2.75) is 64.2 Å². The zero-order valence-corrected chi connectivity index (χ0v) is 24.6. The van der Waals surface area contributed by atoms with Crippen LogP contribution in [0.3, 0.4) is 0 Å². The predicted octanol–water partition coefficient (Wildman–Crippen LogP) is 4.47. The van der Waals surface area contributed by atoms with Gasteiger partial charge in [-0.05, 0) is 89.3 Å². The summed E-state index contributed by atoms with van der Waals surface area (Å²) in [6.07, 6.45) is 2.49. The van der Waals surface area contributed by atoms with Crippen molar-refractivity contribution < 1.29 is 22.7 Å². The summed E-state index contributed by atoms with van der Waals surface area (Å²) in [4.78, 5) is 26.2. The van der Waals surface area contributed by atoms with Gasteiger partial charge in [-0.15, -0.1) is 0 Å². The van der Waals surface area contributed by atoms with Gasteiger partial charge in [0.25, 0.3) is 5.91 Å². The Kier molecular flexibility index (Phi) is 10.6. The quantitative estimate of drug-likeness (QED) is 0.396. The largest absolute Gasteiger partial charge is 0.493 e. The molecule has 2 aliphatic heterocycles. The number of hydrogen-bond acceptors (Lipinski definition) is 7. The number of nitrogens with one attached hydrogen (secondary N) is 1. The molecule has 1 aromatic heterocycles. The fraction of sp³-hybridized carbons (Fsp3) is 0.633. The summed E-state index contributed by atoms with van der Waals surface area (Å²) in [6.45, 7) is 9.77. The second kappa shape index (κ2) is 13.9. The van der Waals surface area contributed by atoms with E-state index in [1.54, 1.807) is 4.90 Å². The van der Waals surface area contributed by atoms with E-state index in [9.17, 15) is 18.0 Å². The van der Waals surface area contributed by atoms with Crippen molar-refractivity contribution in [2.24, 2.45) is 0 Å². The first-order valence-electron chi connectivity index (χ1n) is 14.6. The lowest BCUT2D eigenvalue weighted by molar-refractivity contribution is -0.145. The number of benzene rings is 1. The van der Waals surface area contributed by atoms with E-state index in [2.05, 4.69) is 65.2 Å². The number of carbonyl (C=O) groups is 1. The number of halogens is 3. The van der Waals surface area contributed by atoms with Crippen LogP contribution in [0.15, 0.2) is 24.5 Å². The van der Waals surface area contributed by atoms with Gasteiger partial charge in [0.05, 0.1) is 12.2 Å². The number of amides is 1. The summed E-state index contributed by atoms with van der Waals surface area (Å²) >= 11 is 0. The molecule has 11 heteroatoms. The summed E-state index contributed by atoms with van der Waals surface area (Å²) in [5.41, 5.74) is 3.81. The second-order valence-electron chi connectivity index (χ2n) is 11.4. The molecule has 1 aromatic carbocycles. The Morgan fingerprint density at radius 3 is 2.54 bits per heavy atom. The maximum absolute atomic E-state index is 13.0. The zero-order chi connectivity index (χ0) is 29.6. The fourth-order valence-corrected chi connectivity index (χ4v) is 5.83. The average Bonchev–Trinajstić information content (AvgIpc) is 2.95. The van der Waals surface area contributed by atoms with Gasteiger partial charge in [-0.25, -0.2) is 9.97 Å². The fourth-order valence-electron chi connectivity index (χ4n) is 5.83. The third-order valence-corrected chi connectivity index (χ3v) is 8.26. The molecule has 2 atom stereocenters. The first kappa shape index (κ1) is 31.2. The first-order valence-corrected chi connectivity index (χ1v) is 14.6. The number of hydrogen-bond donors (Lipinski definition) is 1. The Balaban J connectivity index is 1.32. The van der Waals surface area contributed by atoms with Gasteiger partial charge >= 0.3 is 6.18 Å². The molecule has 0 saturated carbocycles. The van der Waals surface area contributed by atoms with Crippen molar-refractivity contribution in [1.29, 1.82) is 0 Å². The number of likely N-dealkylation sites (N-methyl/N-ethyl adjacent to an activating group) is 1. The minimum atomic E-state index is -4.63. The van der Waals surface area contributed by atoms with Gasteiger partial charge in [0.15, 0.2) is 0 Å². The minimum Gasteiger partial charge on any atom is -0.493 e. The zero-order valence-electron chi connectivity index (χ0n) is 24.6. The Morgan fingerprint density at radius 2 is 1.83 bits per heavy atom. The lowest BCUT2D eigenvalue weighted by atomic mass is 9.86. The number of rotatable bonds is 11. The summed E-state index contributed by atoms with van der Waals surface area (Å²) < 4.78 is 44.6. The molecule has 1 amide bonds. The SMILES string of the molecule is Cc1c(OCCCCNCCN(C)C)ccc([C@H]2CCC[C@H]3CN(C(=O)c4cnc(C(F)(F)F)nc4)CCN32)c1C. The number of piperidine rings is 1. The van der Waals surface area contributed by atoms with Crippen LogP contribution in [-0.2, 0) is 6.18 Å². The summed E-state index contributed by atoms with van der Waals surface area (Å²) in [5.74, 6) is -0.619. The van der Waals surface area contributed by atoms with Crippen LogP contribution in [0.4, 0.5) is 13.2 Å². The average molecular weight is 577 g/mol. The van der Waals surface area contributed by atoms with Crippen molar-refractivity contribution in [2.75, 3.05) is 60.0 Å². The predicted molar refractivity (Wildman–Crippen MR) is 152 cm³/mol. The lowest BCUT2D eigenvalue weighted by Gasteiger charge is -2.48. The highest BCUT2D eigenvalue weighted by Crippen LogP contribution is 2.39. The number of aromatic nitrogens is 2. The van der Waals surface area contributed by atoms with Crippen molar-refractivity contribution in [3.63, 3.8) is 0 Å². The van der Waals surface area contributed by atoms with E-state index in [1.165, 1.54) is 16.7 Å². The van der Waals surface area contributed by atoms with E-state index < -0.39 is 12.0 Å². The summed E-state index contributed by atoms with van der Waals surface area (Å²) in [7, 11) is 4.15. The van der Waals surface area contributed by atoms with Crippen LogP contribution in [0, 0.1) is 13.8 Å². The van der Waals surface area contributed by atoms with Crippen LogP contribution in [0.1, 0.15) is 71.0 Å². The number of carbonyl (C=O) groups excluding carboxylic acids is 1. The highest BCUT2D eigenvalue weighted by Gasteiger charge is 2.38. The Hall–Kier alpha value is -2.76. The van der Waals surface area contributed by atoms with Gasteiger partial charge in [-0.2, -0.15) is 13.2 Å². The molecular weight excluding hydrogens is 533 g/mol. The van der Waals surface area contributed by atoms with Gasteiger partial charge in [0, 0.05) is 57.2 Å². The molecule has 0 unspecified atom stereocenters. The van der Waals surface area contributed by atoms with E-state index >= 15 is 0 Å². The van der Waals surface area contributed by atoms with Gasteiger partial charge in [-0.3, -0.25) is 9.69 Å². The molecule has 4 rings (SSSR count). The monoisotopic (exact) mass is 576 g/mol. The number of unbranched alkanes of at least 4 members (excludes halogenated alkanes) is 1. The summed E-state index contributed by atoms with van der Waals surface area (Å²) in [5, 5.41) is 3.46. The van der Waals surface area contributed by atoms with E-state index in [4.69, 9.17) is 4.74 Å². The maximum atomic E-state index is 13.0. The first-order chi connectivity index (χ1) is 19.6. The highest BCUT2D eigenvalue weighted by molar-refractivity contribution is 5.93. The van der Waals surface area contributed by atoms with E-state index in [1.807, 2.05) is 0 Å². The van der Waals surface area contributed by atoms with Gasteiger partial charge in [0.1, 0.15) is 5.75 Å². The molecule has 3 heterocycles. The van der Waals surface area contributed by atoms with E-state index in [-0.39, 0.29) is 23.6 Å².